The molecular formula is C30H31ClF2N3O7P. The topological polar surface area (TPSA) is 125 Å². The van der Waals surface area contributed by atoms with Crippen LogP contribution in [0.5, 0.6) is 11.5 Å². The molecule has 0 radical (unpaired) electrons. The highest BCUT2D eigenvalue weighted by Crippen LogP contribution is 2.49. The molecule has 0 bridgehead atoms. The lowest BCUT2D eigenvalue weighted by atomic mass is 10.0. The highest BCUT2D eigenvalue weighted by atomic mass is 35.5. The van der Waals surface area contributed by atoms with Crippen molar-refractivity contribution in [2.75, 3.05) is 13.0 Å². The van der Waals surface area contributed by atoms with Gasteiger partial charge in [-0.15, -0.1) is 0 Å². The van der Waals surface area contributed by atoms with Crippen molar-refractivity contribution in [2.24, 2.45) is 5.92 Å². The van der Waals surface area contributed by atoms with Gasteiger partial charge in [-0.1, -0.05) is 25.7 Å². The van der Waals surface area contributed by atoms with Crippen molar-refractivity contribution in [2.45, 2.75) is 56.6 Å². The van der Waals surface area contributed by atoms with Gasteiger partial charge in [-0.05, 0) is 78.5 Å². The second-order valence-electron chi connectivity index (χ2n) is 11.0. The van der Waals surface area contributed by atoms with Gasteiger partial charge in [-0.25, -0.2) is 18.3 Å². The van der Waals surface area contributed by atoms with Crippen molar-refractivity contribution in [1.29, 1.82) is 0 Å². The summed E-state index contributed by atoms with van der Waals surface area (Å²) in [6.07, 6.45) is 1.81. The standard InChI is InChI=1S/C30H31ClF2N3O7P/c31-30-34-24(15-18-3-1-2-4-18)23-13-14-36(28(23)35-30)29-27(38)26(37)25(41-29)16-40-17-44(39,42-21-9-5-19(32)6-10-21)43-22-11-7-20(33)8-12-22/h5-14,18,25-27,29,37-38H,1-4,15-17H2/t25-,26-,27-,29-/m1/s1. The molecule has 4 atom stereocenters. The molecule has 0 unspecified atom stereocenters. The minimum Gasteiger partial charge on any atom is -0.415 e. The maximum atomic E-state index is 13.7. The smallest absolute Gasteiger partial charge is 0.415 e. The molecule has 2 fully saturated rings. The molecule has 44 heavy (non-hydrogen) atoms. The highest BCUT2D eigenvalue weighted by Gasteiger charge is 2.45. The maximum absolute atomic E-state index is 13.7. The first-order valence-corrected chi connectivity index (χ1v) is 16.4. The van der Waals surface area contributed by atoms with E-state index < -0.39 is 50.1 Å². The summed E-state index contributed by atoms with van der Waals surface area (Å²) in [7, 11) is -4.11. The van der Waals surface area contributed by atoms with E-state index in [1.807, 2.05) is 6.07 Å². The van der Waals surface area contributed by atoms with E-state index >= 15 is 0 Å². The van der Waals surface area contributed by atoms with Crippen LogP contribution >= 0.6 is 19.2 Å². The Morgan fingerprint density at radius 1 is 0.932 bits per heavy atom. The Labute approximate surface area is 257 Å². The van der Waals surface area contributed by atoms with Gasteiger partial charge in [0.05, 0.1) is 12.3 Å². The SMILES string of the molecule is O=P(COC[C@H]1O[C@@H](n2ccc3c(CC4CCCC4)nc(Cl)nc32)[C@H](O)[C@@H]1O)(Oc1ccc(F)cc1)Oc1ccc(F)cc1. The van der Waals surface area contributed by atoms with E-state index in [1.54, 1.807) is 10.8 Å². The second kappa shape index (κ2) is 13.1. The molecule has 0 spiro atoms. The van der Waals surface area contributed by atoms with Crippen LogP contribution in [0.3, 0.4) is 0 Å². The summed E-state index contributed by atoms with van der Waals surface area (Å²) in [5.74, 6) is -0.393. The summed E-state index contributed by atoms with van der Waals surface area (Å²) in [4.78, 5) is 8.85. The van der Waals surface area contributed by atoms with Crippen LogP contribution in [0.1, 0.15) is 37.6 Å². The molecule has 1 aliphatic heterocycles. The molecule has 2 aliphatic rings. The number of aliphatic hydroxyl groups is 2. The molecule has 1 saturated carbocycles. The van der Waals surface area contributed by atoms with Crippen LogP contribution in [0.2, 0.25) is 5.28 Å². The van der Waals surface area contributed by atoms with E-state index in [4.69, 9.17) is 30.1 Å². The van der Waals surface area contributed by atoms with Crippen molar-refractivity contribution >= 4 is 30.2 Å². The third kappa shape index (κ3) is 6.91. The van der Waals surface area contributed by atoms with Crippen LogP contribution in [-0.4, -0.2) is 56.0 Å². The van der Waals surface area contributed by atoms with Crippen LogP contribution in [0.4, 0.5) is 8.78 Å². The largest absolute Gasteiger partial charge is 0.456 e. The first-order valence-electron chi connectivity index (χ1n) is 14.3. The summed E-state index contributed by atoms with van der Waals surface area (Å²) < 4.78 is 64.9. The molecular weight excluding hydrogens is 619 g/mol. The van der Waals surface area contributed by atoms with Crippen LogP contribution < -0.4 is 9.05 Å². The quantitative estimate of drug-likeness (QED) is 0.148. The molecule has 3 heterocycles. The van der Waals surface area contributed by atoms with Gasteiger partial charge >= 0.3 is 7.60 Å². The number of aromatic nitrogens is 3. The maximum Gasteiger partial charge on any atom is 0.456 e. The zero-order chi connectivity index (χ0) is 30.8. The molecule has 234 valence electrons. The van der Waals surface area contributed by atoms with E-state index in [9.17, 15) is 23.6 Å². The number of aliphatic hydroxyl groups excluding tert-OH is 2. The van der Waals surface area contributed by atoms with Crippen molar-refractivity contribution in [3.63, 3.8) is 0 Å². The minimum atomic E-state index is -4.11. The number of ether oxygens (including phenoxy) is 2. The number of benzene rings is 2. The Morgan fingerprint density at radius 3 is 2.16 bits per heavy atom. The van der Waals surface area contributed by atoms with Gasteiger partial charge < -0.3 is 33.3 Å². The Hall–Kier alpha value is -3.12. The van der Waals surface area contributed by atoms with Crippen molar-refractivity contribution in [3.05, 3.63) is 83.4 Å². The molecule has 1 saturated heterocycles. The summed E-state index contributed by atoms with van der Waals surface area (Å²) in [6, 6.07) is 11.5. The predicted molar refractivity (Wildman–Crippen MR) is 157 cm³/mol. The average Bonchev–Trinajstić information content (AvgIpc) is 3.72. The fourth-order valence-electron chi connectivity index (χ4n) is 5.68. The summed E-state index contributed by atoms with van der Waals surface area (Å²) in [6.45, 7) is -0.292. The number of fused-ring (bicyclic) bond motifs is 1. The fourth-order valence-corrected chi connectivity index (χ4v) is 7.22. The Kier molecular flexibility index (Phi) is 9.18. The van der Waals surface area contributed by atoms with Crippen LogP contribution in [0, 0.1) is 17.6 Å². The third-order valence-electron chi connectivity index (χ3n) is 7.84. The molecule has 4 aromatic rings. The summed E-state index contributed by atoms with van der Waals surface area (Å²) in [5, 5.41) is 22.6. The van der Waals surface area contributed by atoms with Gasteiger partial charge in [-0.2, -0.15) is 4.98 Å². The molecule has 2 N–H and O–H groups in total. The minimum absolute atomic E-state index is 0.0560. The zero-order valence-electron chi connectivity index (χ0n) is 23.5. The summed E-state index contributed by atoms with van der Waals surface area (Å²) in [5.41, 5.74) is 1.30. The van der Waals surface area contributed by atoms with Crippen LogP contribution in [-0.2, 0) is 20.5 Å². The lowest BCUT2D eigenvalue weighted by Gasteiger charge is -2.21. The first-order chi connectivity index (χ1) is 21.2. The Balaban J connectivity index is 1.15. The molecule has 6 rings (SSSR count). The van der Waals surface area contributed by atoms with Crippen molar-refractivity contribution < 1.29 is 42.1 Å². The molecule has 0 amide bonds. The van der Waals surface area contributed by atoms with E-state index in [0.29, 0.717) is 11.6 Å². The first kappa shape index (κ1) is 30.9. The molecule has 10 nitrogen and oxygen atoms in total. The van der Waals surface area contributed by atoms with Crippen LogP contribution in [0.15, 0.2) is 60.8 Å². The third-order valence-corrected chi connectivity index (χ3v) is 9.49. The van der Waals surface area contributed by atoms with Gasteiger partial charge in [0.1, 0.15) is 47.1 Å². The van der Waals surface area contributed by atoms with Gasteiger partial charge in [0.2, 0.25) is 5.28 Å². The van der Waals surface area contributed by atoms with Crippen molar-refractivity contribution in [3.8, 4) is 11.5 Å². The fraction of sp³-hybridized carbons (Fsp3) is 0.400. The van der Waals surface area contributed by atoms with Gasteiger partial charge in [0.15, 0.2) is 12.6 Å². The molecule has 1 aliphatic carbocycles. The average molecular weight is 650 g/mol. The van der Waals surface area contributed by atoms with Gasteiger partial charge in [0, 0.05) is 11.6 Å². The number of halogens is 3. The second-order valence-corrected chi connectivity index (χ2v) is 13.2. The lowest BCUT2D eigenvalue weighted by Crippen LogP contribution is -2.34. The Morgan fingerprint density at radius 2 is 1.55 bits per heavy atom. The summed E-state index contributed by atoms with van der Waals surface area (Å²) >= 11 is 6.29. The monoisotopic (exact) mass is 649 g/mol. The normalized spacial score (nSPS) is 22.6. The lowest BCUT2D eigenvalue weighted by molar-refractivity contribution is -0.0609. The predicted octanol–water partition coefficient (Wildman–Crippen LogP) is 6.04. The zero-order valence-corrected chi connectivity index (χ0v) is 25.1. The molecule has 14 heteroatoms. The number of hydrogen-bond donors (Lipinski definition) is 2. The number of nitrogens with zero attached hydrogens (tertiary/aromatic N) is 3. The van der Waals surface area contributed by atoms with Gasteiger partial charge in [-0.3, -0.25) is 0 Å². The molecule has 2 aromatic carbocycles. The molecule has 2 aromatic heterocycles. The van der Waals surface area contributed by atoms with E-state index in [2.05, 4.69) is 9.97 Å². The van der Waals surface area contributed by atoms with Crippen LogP contribution in [0.25, 0.3) is 11.0 Å². The van der Waals surface area contributed by atoms with E-state index in [0.717, 1.165) is 54.6 Å². The highest BCUT2D eigenvalue weighted by molar-refractivity contribution is 7.54. The van der Waals surface area contributed by atoms with Crippen molar-refractivity contribution in [1.82, 2.24) is 14.5 Å². The van der Waals surface area contributed by atoms with E-state index in [-0.39, 0.29) is 23.4 Å². The Bertz CT molecular complexity index is 1580. The number of rotatable bonds is 11. The van der Waals surface area contributed by atoms with Gasteiger partial charge in [0.25, 0.3) is 0 Å². The van der Waals surface area contributed by atoms with E-state index in [1.165, 1.54) is 37.1 Å². The number of hydrogen-bond acceptors (Lipinski definition) is 9.